The number of aryl methyl sites for hydroxylation is 1. The van der Waals surface area contributed by atoms with Crippen LogP contribution in [0.4, 0.5) is 0 Å². The van der Waals surface area contributed by atoms with Crippen molar-refractivity contribution in [3.63, 3.8) is 0 Å². The quantitative estimate of drug-likeness (QED) is 0.808. The molecule has 2 aromatic heterocycles. The van der Waals surface area contributed by atoms with Crippen LogP contribution in [0.15, 0.2) is 30.6 Å². The van der Waals surface area contributed by atoms with E-state index in [-0.39, 0.29) is 11.9 Å². The molecule has 1 fully saturated rings. The molecule has 0 saturated carbocycles. The Hall–Kier alpha value is -2.50. The van der Waals surface area contributed by atoms with Crippen LogP contribution in [0.2, 0.25) is 0 Å². The average Bonchev–Trinajstić information content (AvgIpc) is 3.21. The van der Waals surface area contributed by atoms with Crippen LogP contribution in [0.5, 0.6) is 0 Å². The van der Waals surface area contributed by atoms with E-state index in [1.165, 1.54) is 19.3 Å². The Morgan fingerprint density at radius 1 is 1.08 bits per heavy atom. The summed E-state index contributed by atoms with van der Waals surface area (Å²) in [6, 6.07) is 3.83. The number of likely N-dealkylation sites (tertiary alicyclic amines) is 1. The lowest BCUT2D eigenvalue weighted by atomic mass is 10.2. The summed E-state index contributed by atoms with van der Waals surface area (Å²) in [5.41, 5.74) is 0.982. The van der Waals surface area contributed by atoms with Crippen LogP contribution in [-0.4, -0.2) is 37.1 Å². The summed E-state index contributed by atoms with van der Waals surface area (Å²) >= 11 is 0. The fourth-order valence-electron chi connectivity index (χ4n) is 3.79. The van der Waals surface area contributed by atoms with Gasteiger partial charge in [-0.05, 0) is 49.5 Å². The summed E-state index contributed by atoms with van der Waals surface area (Å²) in [6.45, 7) is 1.76. The molecule has 2 aliphatic rings. The molecule has 25 heavy (non-hydrogen) atoms. The van der Waals surface area contributed by atoms with Crippen molar-refractivity contribution in [2.45, 2.75) is 51.1 Å². The third kappa shape index (κ3) is 3.34. The van der Waals surface area contributed by atoms with Crippen LogP contribution < -0.4 is 0 Å². The molecule has 2 aliphatic heterocycles. The van der Waals surface area contributed by atoms with E-state index in [2.05, 4.69) is 19.7 Å². The second kappa shape index (κ2) is 7.17. The van der Waals surface area contributed by atoms with Crippen LogP contribution >= 0.6 is 0 Å². The van der Waals surface area contributed by atoms with Gasteiger partial charge in [-0.25, -0.2) is 0 Å². The van der Waals surface area contributed by atoms with Crippen molar-refractivity contribution in [3.8, 4) is 0 Å². The first kappa shape index (κ1) is 16.0. The van der Waals surface area contributed by atoms with Crippen molar-refractivity contribution in [1.82, 2.24) is 24.6 Å². The minimum Gasteiger partial charge on any atom is -0.329 e. The zero-order chi connectivity index (χ0) is 17.1. The Bertz CT molecular complexity index is 767. The fraction of sp³-hybridized carbons (Fsp3) is 0.474. The highest BCUT2D eigenvalue weighted by Crippen LogP contribution is 2.32. The molecular weight excluding hydrogens is 314 g/mol. The van der Waals surface area contributed by atoms with Crippen LogP contribution in [0.25, 0.3) is 6.08 Å². The molecule has 0 aromatic carbocycles. The molecule has 1 unspecified atom stereocenters. The zero-order valence-corrected chi connectivity index (χ0v) is 14.3. The van der Waals surface area contributed by atoms with Crippen molar-refractivity contribution in [3.05, 3.63) is 47.8 Å². The van der Waals surface area contributed by atoms with Gasteiger partial charge in [0.05, 0.1) is 6.04 Å². The number of hydrogen-bond acceptors (Lipinski definition) is 4. The molecule has 0 aliphatic carbocycles. The number of carbonyl (C=O) groups excluding carboxylic acids is 1. The maximum atomic E-state index is 12.7. The SMILES string of the molecule is O=C(C=Cc1ccncc1)N1CCCC1c1nnc2n1CCCCC2. The Balaban J connectivity index is 1.54. The molecule has 130 valence electrons. The molecule has 2 aromatic rings. The van der Waals surface area contributed by atoms with Gasteiger partial charge in [-0.15, -0.1) is 10.2 Å². The lowest BCUT2D eigenvalue weighted by Crippen LogP contribution is -2.30. The number of hydrogen-bond donors (Lipinski definition) is 0. The smallest absolute Gasteiger partial charge is 0.247 e. The highest BCUT2D eigenvalue weighted by molar-refractivity contribution is 5.92. The largest absolute Gasteiger partial charge is 0.329 e. The second-order valence-electron chi connectivity index (χ2n) is 6.74. The number of nitrogens with zero attached hydrogens (tertiary/aromatic N) is 5. The highest BCUT2D eigenvalue weighted by Gasteiger charge is 2.33. The molecule has 6 nitrogen and oxygen atoms in total. The minimum atomic E-state index is 0.0466. The van der Waals surface area contributed by atoms with Gasteiger partial charge in [0, 0.05) is 38.0 Å². The summed E-state index contributed by atoms with van der Waals surface area (Å²) in [6.07, 6.45) is 13.5. The van der Waals surface area contributed by atoms with Gasteiger partial charge in [0.25, 0.3) is 0 Å². The molecule has 0 radical (unpaired) electrons. The number of pyridine rings is 1. The number of fused-ring (bicyclic) bond motifs is 1. The molecule has 6 heteroatoms. The lowest BCUT2D eigenvalue weighted by Gasteiger charge is -2.23. The standard InChI is InChI=1S/C19H23N5O/c25-18(8-7-15-9-11-20-12-10-15)23-14-4-5-16(23)19-22-21-17-6-2-1-3-13-24(17)19/h7-12,16H,1-6,13-14H2. The van der Waals surface area contributed by atoms with Crippen molar-refractivity contribution in [2.24, 2.45) is 0 Å². The average molecular weight is 337 g/mol. The van der Waals surface area contributed by atoms with E-state index < -0.39 is 0 Å². The highest BCUT2D eigenvalue weighted by atomic mass is 16.2. The van der Waals surface area contributed by atoms with E-state index in [1.54, 1.807) is 18.5 Å². The van der Waals surface area contributed by atoms with Crippen LogP contribution in [0.1, 0.15) is 55.4 Å². The third-order valence-electron chi connectivity index (χ3n) is 5.10. The van der Waals surface area contributed by atoms with E-state index in [0.29, 0.717) is 0 Å². The van der Waals surface area contributed by atoms with E-state index in [9.17, 15) is 4.79 Å². The molecule has 1 saturated heterocycles. The second-order valence-corrected chi connectivity index (χ2v) is 6.74. The topological polar surface area (TPSA) is 63.9 Å². The van der Waals surface area contributed by atoms with Gasteiger partial charge < -0.3 is 9.47 Å². The normalized spacial score (nSPS) is 20.6. The predicted octanol–water partition coefficient (Wildman–Crippen LogP) is 2.78. The van der Waals surface area contributed by atoms with Gasteiger partial charge in [0.2, 0.25) is 5.91 Å². The maximum absolute atomic E-state index is 12.7. The molecule has 0 N–H and O–H groups in total. The van der Waals surface area contributed by atoms with Crippen molar-refractivity contribution < 1.29 is 4.79 Å². The van der Waals surface area contributed by atoms with Gasteiger partial charge >= 0.3 is 0 Å². The summed E-state index contributed by atoms with van der Waals surface area (Å²) in [7, 11) is 0. The monoisotopic (exact) mass is 337 g/mol. The summed E-state index contributed by atoms with van der Waals surface area (Å²) in [5, 5.41) is 8.86. The summed E-state index contributed by atoms with van der Waals surface area (Å²) < 4.78 is 2.26. The van der Waals surface area contributed by atoms with Gasteiger partial charge in [-0.1, -0.05) is 6.42 Å². The molecule has 4 heterocycles. The lowest BCUT2D eigenvalue weighted by molar-refractivity contribution is -0.127. The van der Waals surface area contributed by atoms with E-state index in [1.807, 2.05) is 23.1 Å². The number of rotatable bonds is 3. The van der Waals surface area contributed by atoms with Crippen molar-refractivity contribution >= 4 is 12.0 Å². The summed E-state index contributed by atoms with van der Waals surface area (Å²) in [4.78, 5) is 18.7. The molecule has 0 bridgehead atoms. The Kier molecular flexibility index (Phi) is 4.59. The number of amides is 1. The first-order valence-corrected chi connectivity index (χ1v) is 9.13. The fourth-order valence-corrected chi connectivity index (χ4v) is 3.79. The number of aromatic nitrogens is 4. The molecule has 1 atom stereocenters. The van der Waals surface area contributed by atoms with E-state index in [0.717, 1.165) is 49.6 Å². The van der Waals surface area contributed by atoms with E-state index in [4.69, 9.17) is 0 Å². The molecule has 0 spiro atoms. The molecule has 1 amide bonds. The first-order chi connectivity index (χ1) is 12.3. The van der Waals surface area contributed by atoms with Gasteiger partial charge in [-0.2, -0.15) is 0 Å². The van der Waals surface area contributed by atoms with Crippen LogP contribution in [0, 0.1) is 0 Å². The van der Waals surface area contributed by atoms with Crippen molar-refractivity contribution in [1.29, 1.82) is 0 Å². The number of carbonyl (C=O) groups is 1. The zero-order valence-electron chi connectivity index (χ0n) is 14.3. The molecular formula is C19H23N5O. The first-order valence-electron chi connectivity index (χ1n) is 9.13. The molecule has 4 rings (SSSR count). The van der Waals surface area contributed by atoms with Crippen molar-refractivity contribution in [2.75, 3.05) is 6.54 Å². The van der Waals surface area contributed by atoms with E-state index >= 15 is 0 Å². The van der Waals surface area contributed by atoms with Gasteiger partial charge in [-0.3, -0.25) is 9.78 Å². The predicted molar refractivity (Wildman–Crippen MR) is 94.5 cm³/mol. The summed E-state index contributed by atoms with van der Waals surface area (Å²) in [5.74, 6) is 2.10. The van der Waals surface area contributed by atoms with Gasteiger partial charge in [0.15, 0.2) is 5.82 Å². The maximum Gasteiger partial charge on any atom is 0.247 e. The Morgan fingerprint density at radius 3 is 2.84 bits per heavy atom. The minimum absolute atomic E-state index is 0.0466. The Morgan fingerprint density at radius 2 is 1.96 bits per heavy atom. The Labute approximate surface area is 147 Å². The van der Waals surface area contributed by atoms with Gasteiger partial charge in [0.1, 0.15) is 5.82 Å². The van der Waals surface area contributed by atoms with Crippen LogP contribution in [-0.2, 0) is 17.8 Å². The third-order valence-corrected chi connectivity index (χ3v) is 5.10. The van der Waals surface area contributed by atoms with Crippen LogP contribution in [0.3, 0.4) is 0 Å².